The number of phenols is 1. The molecule has 0 aliphatic carbocycles. The fourth-order valence-corrected chi connectivity index (χ4v) is 1.37. The first kappa shape index (κ1) is 5.61. The van der Waals surface area contributed by atoms with Crippen molar-refractivity contribution < 1.29 is 5.11 Å². The molecular weight excluding hydrogens is 148 g/mol. The Morgan fingerprint density at radius 2 is 2.30 bits per heavy atom. The molecule has 10 heavy (non-hydrogen) atoms. The van der Waals surface area contributed by atoms with Crippen LogP contribution in [0.5, 0.6) is 5.75 Å². The van der Waals surface area contributed by atoms with Gasteiger partial charge in [-0.1, -0.05) is 10.6 Å². The van der Waals surface area contributed by atoms with Gasteiger partial charge in [-0.2, -0.15) is 0 Å². The van der Waals surface area contributed by atoms with Crippen molar-refractivity contribution in [2.24, 2.45) is 0 Å². The molecule has 1 N–H and O–H groups in total. The van der Waals surface area contributed by atoms with E-state index in [1.165, 1.54) is 11.5 Å². The number of aromatic hydroxyl groups is 1. The lowest BCUT2D eigenvalue weighted by molar-refractivity contribution is 0.480. The first-order chi connectivity index (χ1) is 4.88. The van der Waals surface area contributed by atoms with E-state index in [1.807, 2.05) is 6.07 Å². The second kappa shape index (κ2) is 1.91. The van der Waals surface area contributed by atoms with Gasteiger partial charge in [0.15, 0.2) is 0 Å². The number of aromatic nitrogens is 2. The van der Waals surface area contributed by atoms with Gasteiger partial charge in [0.25, 0.3) is 0 Å². The number of fused-ring (bicyclic) bond motifs is 1. The maximum atomic E-state index is 9.16. The number of hydrogen-bond donors (Lipinski definition) is 1. The number of rotatable bonds is 0. The van der Waals surface area contributed by atoms with Crippen molar-refractivity contribution in [3.63, 3.8) is 0 Å². The third kappa shape index (κ3) is 0.657. The highest BCUT2D eigenvalue weighted by Crippen LogP contribution is 2.23. The van der Waals surface area contributed by atoms with Gasteiger partial charge < -0.3 is 5.11 Å². The Labute approximate surface area is 61.1 Å². The minimum atomic E-state index is 0.200. The Morgan fingerprint density at radius 3 is 3.10 bits per heavy atom. The smallest absolute Gasteiger partial charge is 0.147 e. The first-order valence-corrected chi connectivity index (χ1v) is 3.55. The second-order valence-electron chi connectivity index (χ2n) is 1.90. The van der Waals surface area contributed by atoms with E-state index in [1.54, 1.807) is 12.1 Å². The lowest BCUT2D eigenvalue weighted by Crippen LogP contribution is -1.68. The fraction of sp³-hybridized carbons (Fsp3) is 0. The SMILES string of the molecule is Oc1cccc2snnc12. The summed E-state index contributed by atoms with van der Waals surface area (Å²) in [6.07, 6.45) is 0. The first-order valence-electron chi connectivity index (χ1n) is 2.78. The molecule has 0 saturated carbocycles. The molecule has 1 heterocycles. The highest BCUT2D eigenvalue weighted by Gasteiger charge is 2.00. The molecule has 1 aromatic heterocycles. The van der Waals surface area contributed by atoms with Crippen LogP contribution in [-0.2, 0) is 0 Å². The van der Waals surface area contributed by atoms with Gasteiger partial charge in [-0.15, -0.1) is 5.10 Å². The van der Waals surface area contributed by atoms with E-state index in [0.29, 0.717) is 5.52 Å². The van der Waals surface area contributed by atoms with Crippen LogP contribution in [0.1, 0.15) is 0 Å². The van der Waals surface area contributed by atoms with Gasteiger partial charge in [-0.3, -0.25) is 0 Å². The van der Waals surface area contributed by atoms with Gasteiger partial charge in [0.2, 0.25) is 0 Å². The molecule has 0 aliphatic rings. The predicted octanol–water partition coefficient (Wildman–Crippen LogP) is 1.40. The van der Waals surface area contributed by atoms with Crippen molar-refractivity contribution in [3.05, 3.63) is 18.2 Å². The molecule has 0 saturated heterocycles. The van der Waals surface area contributed by atoms with Crippen molar-refractivity contribution >= 4 is 21.7 Å². The molecule has 0 atom stereocenters. The van der Waals surface area contributed by atoms with E-state index in [9.17, 15) is 0 Å². The summed E-state index contributed by atoms with van der Waals surface area (Å²) in [5.74, 6) is 0.200. The number of benzene rings is 1. The summed E-state index contributed by atoms with van der Waals surface area (Å²) < 4.78 is 4.61. The summed E-state index contributed by atoms with van der Waals surface area (Å²) in [6.45, 7) is 0. The summed E-state index contributed by atoms with van der Waals surface area (Å²) in [5.41, 5.74) is 0.590. The predicted molar refractivity (Wildman–Crippen MR) is 39.1 cm³/mol. The molecule has 0 unspecified atom stereocenters. The molecule has 0 radical (unpaired) electrons. The topological polar surface area (TPSA) is 46.0 Å². The zero-order valence-corrected chi connectivity index (χ0v) is 5.80. The molecule has 0 bridgehead atoms. The quantitative estimate of drug-likeness (QED) is 0.620. The van der Waals surface area contributed by atoms with Crippen LogP contribution in [0, 0.1) is 0 Å². The van der Waals surface area contributed by atoms with Crippen molar-refractivity contribution in [1.82, 2.24) is 9.59 Å². The van der Waals surface area contributed by atoms with Crippen molar-refractivity contribution in [3.8, 4) is 5.75 Å². The van der Waals surface area contributed by atoms with Crippen molar-refractivity contribution in [2.45, 2.75) is 0 Å². The molecule has 0 spiro atoms. The number of nitrogens with zero attached hydrogens (tertiary/aromatic N) is 2. The van der Waals surface area contributed by atoms with Gasteiger partial charge >= 0.3 is 0 Å². The third-order valence-corrected chi connectivity index (χ3v) is 1.95. The fourth-order valence-electron chi connectivity index (χ4n) is 0.790. The molecule has 1 aromatic carbocycles. The van der Waals surface area contributed by atoms with Crippen LogP contribution in [0.2, 0.25) is 0 Å². The van der Waals surface area contributed by atoms with Crippen molar-refractivity contribution in [1.29, 1.82) is 0 Å². The summed E-state index contributed by atoms with van der Waals surface area (Å²) in [7, 11) is 0. The average Bonchev–Trinajstić information content (AvgIpc) is 2.36. The Morgan fingerprint density at radius 1 is 1.40 bits per heavy atom. The minimum absolute atomic E-state index is 0.200. The van der Waals surface area contributed by atoms with Crippen LogP contribution in [0.4, 0.5) is 0 Å². The number of hydrogen-bond acceptors (Lipinski definition) is 4. The van der Waals surface area contributed by atoms with Gasteiger partial charge in [-0.05, 0) is 23.7 Å². The Balaban J connectivity index is 2.95. The van der Waals surface area contributed by atoms with Gasteiger partial charge in [0.05, 0.1) is 4.70 Å². The second-order valence-corrected chi connectivity index (χ2v) is 2.68. The monoisotopic (exact) mass is 152 g/mol. The Kier molecular flexibility index (Phi) is 1.07. The standard InChI is InChI=1S/C6H4N2OS/c9-4-2-1-3-5-6(4)7-8-10-5/h1-3,9H. The van der Waals surface area contributed by atoms with Crippen LogP contribution >= 0.6 is 11.5 Å². The summed E-state index contributed by atoms with van der Waals surface area (Å²) in [6, 6.07) is 5.25. The highest BCUT2D eigenvalue weighted by atomic mass is 32.1. The maximum absolute atomic E-state index is 9.16. The Hall–Kier alpha value is -1.16. The molecule has 2 rings (SSSR count). The lowest BCUT2D eigenvalue weighted by Gasteiger charge is -1.87. The molecule has 0 amide bonds. The zero-order chi connectivity index (χ0) is 6.97. The largest absolute Gasteiger partial charge is 0.506 e. The maximum Gasteiger partial charge on any atom is 0.147 e. The summed E-state index contributed by atoms with van der Waals surface area (Å²) in [5, 5.41) is 12.9. The van der Waals surface area contributed by atoms with Crippen LogP contribution < -0.4 is 0 Å². The molecule has 4 heteroatoms. The molecule has 0 aliphatic heterocycles. The minimum Gasteiger partial charge on any atom is -0.506 e. The van der Waals surface area contributed by atoms with Gasteiger partial charge in [0, 0.05) is 0 Å². The van der Waals surface area contributed by atoms with E-state index in [2.05, 4.69) is 9.59 Å². The van der Waals surface area contributed by atoms with Crippen LogP contribution in [0.3, 0.4) is 0 Å². The van der Waals surface area contributed by atoms with E-state index in [-0.39, 0.29) is 5.75 Å². The summed E-state index contributed by atoms with van der Waals surface area (Å²) >= 11 is 1.28. The molecule has 2 aromatic rings. The van der Waals surface area contributed by atoms with Gasteiger partial charge in [-0.25, -0.2) is 0 Å². The van der Waals surface area contributed by atoms with E-state index < -0.39 is 0 Å². The van der Waals surface area contributed by atoms with Crippen molar-refractivity contribution in [2.75, 3.05) is 0 Å². The van der Waals surface area contributed by atoms with E-state index in [4.69, 9.17) is 5.11 Å². The molecule has 0 fully saturated rings. The van der Waals surface area contributed by atoms with E-state index in [0.717, 1.165) is 4.70 Å². The van der Waals surface area contributed by atoms with Crippen LogP contribution in [-0.4, -0.2) is 14.7 Å². The van der Waals surface area contributed by atoms with Crippen LogP contribution in [0.15, 0.2) is 18.2 Å². The molecule has 3 nitrogen and oxygen atoms in total. The lowest BCUT2D eigenvalue weighted by atomic mass is 10.3. The highest BCUT2D eigenvalue weighted by molar-refractivity contribution is 7.13. The van der Waals surface area contributed by atoms with Gasteiger partial charge in [0.1, 0.15) is 11.3 Å². The Bertz CT molecular complexity index is 357. The average molecular weight is 152 g/mol. The van der Waals surface area contributed by atoms with E-state index >= 15 is 0 Å². The third-order valence-electron chi connectivity index (χ3n) is 1.26. The normalized spacial score (nSPS) is 10.4. The molecular formula is C6H4N2OS. The summed E-state index contributed by atoms with van der Waals surface area (Å²) in [4.78, 5) is 0. The zero-order valence-electron chi connectivity index (χ0n) is 4.98. The number of phenolic OH excluding ortho intramolecular Hbond substituents is 1. The van der Waals surface area contributed by atoms with Crippen LogP contribution in [0.25, 0.3) is 10.2 Å². The molecule has 50 valence electrons.